The van der Waals surface area contributed by atoms with Crippen molar-refractivity contribution in [2.75, 3.05) is 13.1 Å². The van der Waals surface area contributed by atoms with Gasteiger partial charge in [0.15, 0.2) is 0 Å². The summed E-state index contributed by atoms with van der Waals surface area (Å²) in [5.74, 6) is -1.18. The van der Waals surface area contributed by atoms with Crippen molar-refractivity contribution >= 4 is 11.9 Å². The zero-order valence-corrected chi connectivity index (χ0v) is 10.7. The van der Waals surface area contributed by atoms with Gasteiger partial charge in [-0.3, -0.25) is 4.79 Å². The van der Waals surface area contributed by atoms with Gasteiger partial charge in [-0.05, 0) is 12.8 Å². The summed E-state index contributed by atoms with van der Waals surface area (Å²) in [6.07, 6.45) is 6.50. The van der Waals surface area contributed by atoms with E-state index in [-0.39, 0.29) is 12.5 Å². The van der Waals surface area contributed by atoms with Gasteiger partial charge in [-0.2, -0.15) is 0 Å². The van der Waals surface area contributed by atoms with Crippen LogP contribution in [0.2, 0.25) is 0 Å². The van der Waals surface area contributed by atoms with Crippen molar-refractivity contribution in [1.29, 1.82) is 0 Å². The molecule has 0 spiro atoms. The molecular weight excluding hydrogens is 232 g/mol. The maximum Gasteiger partial charge on any atom is 0.329 e. The number of rotatable bonds is 6. The number of carbonyl (C=O) groups excluding carboxylic acids is 1. The van der Waals surface area contributed by atoms with Gasteiger partial charge in [-0.25, -0.2) is 4.79 Å². The molecule has 3 N–H and O–H groups in total. The van der Waals surface area contributed by atoms with Crippen molar-refractivity contribution in [3.8, 4) is 0 Å². The monoisotopic (exact) mass is 254 g/mol. The lowest BCUT2D eigenvalue weighted by molar-refractivity contribution is -0.148. The maximum absolute atomic E-state index is 11.7. The third kappa shape index (κ3) is 4.14. The minimum absolute atomic E-state index is 0.126. The third-order valence-electron chi connectivity index (χ3n) is 3.32. The van der Waals surface area contributed by atoms with Crippen molar-refractivity contribution in [1.82, 2.24) is 10.6 Å². The molecule has 0 aliphatic heterocycles. The lowest BCUT2D eigenvalue weighted by Crippen LogP contribution is -2.56. The van der Waals surface area contributed by atoms with Gasteiger partial charge in [0.05, 0.1) is 6.54 Å². The van der Waals surface area contributed by atoms with Crippen molar-refractivity contribution < 1.29 is 14.7 Å². The Morgan fingerprint density at radius 2 is 1.83 bits per heavy atom. The van der Waals surface area contributed by atoms with Gasteiger partial charge in [-0.15, -0.1) is 6.58 Å². The fraction of sp³-hybridized carbons (Fsp3) is 0.692. The predicted octanol–water partition coefficient (Wildman–Crippen LogP) is 1.06. The summed E-state index contributed by atoms with van der Waals surface area (Å²) < 4.78 is 0. The first-order chi connectivity index (χ1) is 8.60. The van der Waals surface area contributed by atoms with Crippen LogP contribution in [0, 0.1) is 0 Å². The highest BCUT2D eigenvalue weighted by atomic mass is 16.4. The fourth-order valence-electron chi connectivity index (χ4n) is 2.32. The second-order valence-electron chi connectivity index (χ2n) is 4.77. The molecule has 0 aromatic rings. The summed E-state index contributed by atoms with van der Waals surface area (Å²) in [5, 5.41) is 15.0. The van der Waals surface area contributed by atoms with Gasteiger partial charge in [0.25, 0.3) is 0 Å². The molecule has 18 heavy (non-hydrogen) atoms. The number of carbonyl (C=O) groups is 2. The Hall–Kier alpha value is -1.36. The van der Waals surface area contributed by atoms with Crippen LogP contribution in [0.5, 0.6) is 0 Å². The topological polar surface area (TPSA) is 78.4 Å². The first-order valence-electron chi connectivity index (χ1n) is 6.47. The number of nitrogens with one attached hydrogen (secondary N) is 2. The number of amides is 1. The molecule has 1 aliphatic carbocycles. The Labute approximate surface area is 108 Å². The molecule has 0 aromatic heterocycles. The molecule has 1 amide bonds. The van der Waals surface area contributed by atoms with Crippen molar-refractivity contribution in [3.63, 3.8) is 0 Å². The first kappa shape index (κ1) is 14.7. The molecule has 5 heteroatoms. The van der Waals surface area contributed by atoms with E-state index in [1.807, 2.05) is 0 Å². The Bertz CT molecular complexity index is 307. The van der Waals surface area contributed by atoms with Gasteiger partial charge in [0.2, 0.25) is 5.91 Å². The van der Waals surface area contributed by atoms with Gasteiger partial charge in [0, 0.05) is 6.54 Å². The highest BCUT2D eigenvalue weighted by Gasteiger charge is 2.39. The molecule has 102 valence electrons. The SMILES string of the molecule is C=CCNCC(=O)NC1(C(=O)O)CCCCCC1. The van der Waals surface area contributed by atoms with E-state index in [1.54, 1.807) is 6.08 Å². The largest absolute Gasteiger partial charge is 0.480 e. The molecule has 0 saturated heterocycles. The van der Waals surface area contributed by atoms with Crippen LogP contribution in [-0.2, 0) is 9.59 Å². The molecule has 1 aliphatic rings. The highest BCUT2D eigenvalue weighted by Crippen LogP contribution is 2.27. The van der Waals surface area contributed by atoms with E-state index < -0.39 is 11.5 Å². The van der Waals surface area contributed by atoms with Crippen LogP contribution in [0.25, 0.3) is 0 Å². The van der Waals surface area contributed by atoms with E-state index in [0.29, 0.717) is 19.4 Å². The van der Waals surface area contributed by atoms with E-state index in [2.05, 4.69) is 17.2 Å². The first-order valence-corrected chi connectivity index (χ1v) is 6.47. The molecule has 1 saturated carbocycles. The summed E-state index contributed by atoms with van der Waals surface area (Å²) in [6, 6.07) is 0. The van der Waals surface area contributed by atoms with Gasteiger partial charge in [-0.1, -0.05) is 31.8 Å². The minimum atomic E-state index is -1.07. The molecule has 0 atom stereocenters. The van der Waals surface area contributed by atoms with Crippen LogP contribution in [0.15, 0.2) is 12.7 Å². The molecule has 5 nitrogen and oxygen atoms in total. The number of aliphatic carboxylic acids is 1. The smallest absolute Gasteiger partial charge is 0.329 e. The Morgan fingerprint density at radius 1 is 1.22 bits per heavy atom. The van der Waals surface area contributed by atoms with E-state index in [9.17, 15) is 14.7 Å². The van der Waals surface area contributed by atoms with Gasteiger partial charge < -0.3 is 15.7 Å². The minimum Gasteiger partial charge on any atom is -0.480 e. The molecular formula is C13H22N2O3. The summed E-state index contributed by atoms with van der Waals surface area (Å²) in [5.41, 5.74) is -1.07. The number of hydrogen-bond acceptors (Lipinski definition) is 3. The Balaban J connectivity index is 2.58. The van der Waals surface area contributed by atoms with E-state index in [0.717, 1.165) is 25.7 Å². The van der Waals surface area contributed by atoms with Gasteiger partial charge >= 0.3 is 5.97 Å². The fourth-order valence-corrected chi connectivity index (χ4v) is 2.32. The normalized spacial score (nSPS) is 18.7. The molecule has 0 heterocycles. The predicted molar refractivity (Wildman–Crippen MR) is 69.3 cm³/mol. The Kier molecular flexibility index (Phi) is 5.85. The summed E-state index contributed by atoms with van der Waals surface area (Å²) in [7, 11) is 0. The Morgan fingerprint density at radius 3 is 2.33 bits per heavy atom. The van der Waals surface area contributed by atoms with Crippen molar-refractivity contribution in [3.05, 3.63) is 12.7 Å². The van der Waals surface area contributed by atoms with Crippen LogP contribution in [0.1, 0.15) is 38.5 Å². The number of carboxylic acid groups (broad SMARTS) is 1. The summed E-state index contributed by atoms with van der Waals surface area (Å²) >= 11 is 0. The van der Waals surface area contributed by atoms with E-state index in [1.165, 1.54) is 0 Å². The number of hydrogen-bond donors (Lipinski definition) is 3. The molecule has 0 aromatic carbocycles. The molecule has 1 fully saturated rings. The summed E-state index contributed by atoms with van der Waals surface area (Å²) in [4.78, 5) is 23.2. The van der Waals surface area contributed by atoms with Crippen molar-refractivity contribution in [2.24, 2.45) is 0 Å². The molecule has 1 rings (SSSR count). The molecule has 0 radical (unpaired) electrons. The second-order valence-corrected chi connectivity index (χ2v) is 4.77. The van der Waals surface area contributed by atoms with Gasteiger partial charge in [0.1, 0.15) is 5.54 Å². The lowest BCUT2D eigenvalue weighted by atomic mass is 9.90. The quantitative estimate of drug-likeness (QED) is 0.376. The third-order valence-corrected chi connectivity index (χ3v) is 3.32. The average molecular weight is 254 g/mol. The molecule has 0 unspecified atom stereocenters. The standard InChI is InChI=1S/C13H22N2O3/c1-2-9-14-10-11(16)15-13(12(17)18)7-5-3-4-6-8-13/h2,14H,1,3-10H2,(H,15,16)(H,17,18). The molecule has 0 bridgehead atoms. The highest BCUT2D eigenvalue weighted by molar-refractivity contribution is 5.87. The van der Waals surface area contributed by atoms with Crippen molar-refractivity contribution in [2.45, 2.75) is 44.1 Å². The average Bonchev–Trinajstić information content (AvgIpc) is 2.56. The second kappa shape index (κ2) is 7.16. The van der Waals surface area contributed by atoms with Crippen LogP contribution < -0.4 is 10.6 Å². The zero-order valence-electron chi connectivity index (χ0n) is 10.7. The van der Waals surface area contributed by atoms with Crippen LogP contribution in [0.3, 0.4) is 0 Å². The van der Waals surface area contributed by atoms with E-state index >= 15 is 0 Å². The summed E-state index contributed by atoms with van der Waals surface area (Å²) in [6.45, 7) is 4.20. The number of carboxylic acids is 1. The lowest BCUT2D eigenvalue weighted by Gasteiger charge is -2.29. The zero-order chi connectivity index (χ0) is 13.4. The van der Waals surface area contributed by atoms with E-state index in [4.69, 9.17) is 0 Å². The van der Waals surface area contributed by atoms with Crippen LogP contribution >= 0.6 is 0 Å². The van der Waals surface area contributed by atoms with Crippen LogP contribution in [-0.4, -0.2) is 35.6 Å². The maximum atomic E-state index is 11.7. The van der Waals surface area contributed by atoms with Crippen LogP contribution in [0.4, 0.5) is 0 Å².